The van der Waals surface area contributed by atoms with Crippen LogP contribution in [0, 0.1) is 0 Å². The number of hydrogen-bond acceptors (Lipinski definition) is 5. The summed E-state index contributed by atoms with van der Waals surface area (Å²) in [4.78, 5) is 0. The number of rotatable bonds is 3. The van der Waals surface area contributed by atoms with Crippen LogP contribution >= 0.6 is 0 Å². The first-order chi connectivity index (χ1) is 6.90. The fourth-order valence-electron chi connectivity index (χ4n) is 1.31. The van der Waals surface area contributed by atoms with Gasteiger partial charge in [0.2, 0.25) is 0 Å². The summed E-state index contributed by atoms with van der Waals surface area (Å²) in [5.74, 6) is 6.72. The van der Waals surface area contributed by atoms with E-state index in [0.29, 0.717) is 19.9 Å². The molecule has 4 N–H and O–H groups in total. The number of ether oxygens (including phenoxy) is 2. The zero-order valence-corrected chi connectivity index (χ0v) is 7.75. The van der Waals surface area contributed by atoms with Crippen molar-refractivity contribution in [2.24, 2.45) is 5.84 Å². The highest BCUT2D eigenvalue weighted by molar-refractivity contribution is 5.55. The minimum atomic E-state index is 0.514. The van der Waals surface area contributed by atoms with Crippen LogP contribution in [0.25, 0.3) is 0 Å². The lowest BCUT2D eigenvalue weighted by atomic mass is 10.2. The van der Waals surface area contributed by atoms with Crippen molar-refractivity contribution in [2.75, 3.05) is 25.2 Å². The van der Waals surface area contributed by atoms with E-state index in [4.69, 9.17) is 15.3 Å². The molecule has 1 aromatic carbocycles. The average molecular weight is 195 g/mol. The molecule has 76 valence electrons. The summed E-state index contributed by atoms with van der Waals surface area (Å²) >= 11 is 0. The predicted molar refractivity (Wildman–Crippen MR) is 53.2 cm³/mol. The van der Waals surface area contributed by atoms with Crippen molar-refractivity contribution in [1.82, 2.24) is 5.43 Å². The largest absolute Gasteiger partial charge is 0.486 e. The normalized spacial score (nSPS) is 13.8. The molecule has 0 radical (unpaired) electrons. The third-order valence-corrected chi connectivity index (χ3v) is 1.94. The van der Waals surface area contributed by atoms with Crippen molar-refractivity contribution in [3.63, 3.8) is 0 Å². The van der Waals surface area contributed by atoms with Crippen molar-refractivity contribution in [2.45, 2.75) is 0 Å². The number of nitrogens with two attached hydrogens (primary N) is 1. The van der Waals surface area contributed by atoms with E-state index in [1.165, 1.54) is 0 Å². The molecule has 14 heavy (non-hydrogen) atoms. The predicted octanol–water partition coefficient (Wildman–Crippen LogP) is 0.290. The molecule has 1 aliphatic rings. The molecule has 0 aliphatic carbocycles. The minimum Gasteiger partial charge on any atom is -0.486 e. The van der Waals surface area contributed by atoms with Crippen LogP contribution in [0.3, 0.4) is 0 Å². The second-order valence-corrected chi connectivity index (χ2v) is 2.92. The first-order valence-electron chi connectivity index (χ1n) is 4.47. The van der Waals surface area contributed by atoms with Gasteiger partial charge in [0.25, 0.3) is 0 Å². The summed E-state index contributed by atoms with van der Waals surface area (Å²) < 4.78 is 10.8. The lowest BCUT2D eigenvalue weighted by Gasteiger charge is -2.19. The van der Waals surface area contributed by atoms with Gasteiger partial charge in [-0.3, -0.25) is 5.84 Å². The van der Waals surface area contributed by atoms with Crippen LogP contribution in [0.1, 0.15) is 0 Å². The second-order valence-electron chi connectivity index (χ2n) is 2.92. The topological polar surface area (TPSA) is 68.5 Å². The van der Waals surface area contributed by atoms with Crippen molar-refractivity contribution in [3.05, 3.63) is 18.2 Å². The van der Waals surface area contributed by atoms with E-state index >= 15 is 0 Å². The Bertz CT molecular complexity index is 317. The Labute approximate surface area is 82.2 Å². The smallest absolute Gasteiger partial charge is 0.163 e. The van der Waals surface area contributed by atoms with Crippen LogP contribution in [-0.2, 0) is 0 Å². The molecule has 0 bridgehead atoms. The second kappa shape index (κ2) is 4.17. The molecule has 5 heteroatoms. The van der Waals surface area contributed by atoms with E-state index in [1.54, 1.807) is 0 Å². The van der Waals surface area contributed by atoms with Crippen molar-refractivity contribution < 1.29 is 9.47 Å². The maximum Gasteiger partial charge on any atom is 0.163 e. The standard InChI is InChI=1S/C9H13N3O2/c10-12-6-11-7-1-2-8-9(5-7)14-4-3-13-8/h1-2,5,11-12H,3-4,6,10H2. The molecule has 0 unspecified atom stereocenters. The van der Waals surface area contributed by atoms with Crippen LogP contribution in [0.4, 0.5) is 5.69 Å². The van der Waals surface area contributed by atoms with Crippen molar-refractivity contribution in [1.29, 1.82) is 0 Å². The van der Waals surface area contributed by atoms with Crippen LogP contribution < -0.4 is 26.1 Å². The summed E-state index contributed by atoms with van der Waals surface area (Å²) in [5.41, 5.74) is 3.46. The lowest BCUT2D eigenvalue weighted by Crippen LogP contribution is -2.28. The summed E-state index contributed by atoms with van der Waals surface area (Å²) in [6, 6.07) is 5.70. The summed E-state index contributed by atoms with van der Waals surface area (Å²) in [6.45, 7) is 1.73. The Morgan fingerprint density at radius 3 is 2.79 bits per heavy atom. The molecular weight excluding hydrogens is 182 g/mol. The first kappa shape index (κ1) is 9.11. The molecule has 0 spiro atoms. The quantitative estimate of drug-likeness (QED) is 0.367. The number of hydrazine groups is 1. The minimum absolute atomic E-state index is 0.514. The van der Waals surface area contributed by atoms with E-state index in [1.807, 2.05) is 18.2 Å². The van der Waals surface area contributed by atoms with E-state index in [2.05, 4.69) is 10.7 Å². The van der Waals surface area contributed by atoms with Gasteiger partial charge >= 0.3 is 0 Å². The molecule has 0 atom stereocenters. The number of anilines is 1. The van der Waals surface area contributed by atoms with Gasteiger partial charge in [0.15, 0.2) is 11.5 Å². The Balaban J connectivity index is 2.12. The molecule has 1 aromatic rings. The van der Waals surface area contributed by atoms with Crippen LogP contribution in [0.2, 0.25) is 0 Å². The maximum absolute atomic E-state index is 5.43. The van der Waals surface area contributed by atoms with Gasteiger partial charge in [-0.1, -0.05) is 0 Å². The summed E-state index contributed by atoms with van der Waals surface area (Å²) in [7, 11) is 0. The molecule has 0 fully saturated rings. The fourth-order valence-corrected chi connectivity index (χ4v) is 1.31. The lowest BCUT2D eigenvalue weighted by molar-refractivity contribution is 0.171. The highest BCUT2D eigenvalue weighted by Gasteiger charge is 2.10. The maximum atomic E-state index is 5.43. The van der Waals surface area contributed by atoms with Crippen molar-refractivity contribution in [3.8, 4) is 11.5 Å². The van der Waals surface area contributed by atoms with E-state index in [9.17, 15) is 0 Å². The summed E-state index contributed by atoms with van der Waals surface area (Å²) in [5, 5.41) is 3.07. The average Bonchev–Trinajstić information content (AvgIpc) is 2.26. The molecule has 0 saturated carbocycles. The molecule has 2 rings (SSSR count). The van der Waals surface area contributed by atoms with E-state index in [-0.39, 0.29) is 0 Å². The van der Waals surface area contributed by atoms with Gasteiger partial charge in [0.1, 0.15) is 13.2 Å². The number of fused-ring (bicyclic) bond motifs is 1. The van der Waals surface area contributed by atoms with Gasteiger partial charge in [-0.05, 0) is 12.1 Å². The van der Waals surface area contributed by atoms with Gasteiger partial charge in [-0.25, -0.2) is 5.43 Å². The van der Waals surface area contributed by atoms with Gasteiger partial charge in [0.05, 0.1) is 6.67 Å². The molecule has 1 heterocycles. The monoisotopic (exact) mass is 195 g/mol. The third kappa shape index (κ3) is 1.89. The fraction of sp³-hybridized carbons (Fsp3) is 0.333. The molecule has 0 saturated heterocycles. The van der Waals surface area contributed by atoms with Gasteiger partial charge < -0.3 is 14.8 Å². The van der Waals surface area contributed by atoms with Crippen molar-refractivity contribution >= 4 is 5.69 Å². The van der Waals surface area contributed by atoms with Crippen LogP contribution in [0.15, 0.2) is 18.2 Å². The Kier molecular flexibility index (Phi) is 2.71. The SMILES string of the molecule is NNCNc1ccc2c(c1)OCCO2. The highest BCUT2D eigenvalue weighted by Crippen LogP contribution is 2.32. The van der Waals surface area contributed by atoms with Crippen LogP contribution in [0.5, 0.6) is 11.5 Å². The molecule has 0 aromatic heterocycles. The van der Waals surface area contributed by atoms with Gasteiger partial charge in [-0.15, -0.1) is 0 Å². The Morgan fingerprint density at radius 1 is 1.21 bits per heavy atom. The first-order valence-corrected chi connectivity index (χ1v) is 4.47. The Morgan fingerprint density at radius 2 is 2.00 bits per heavy atom. The zero-order chi connectivity index (χ0) is 9.80. The Hall–Kier alpha value is -1.46. The van der Waals surface area contributed by atoms with Gasteiger partial charge in [-0.2, -0.15) is 0 Å². The van der Waals surface area contributed by atoms with Gasteiger partial charge in [0, 0.05) is 11.8 Å². The third-order valence-electron chi connectivity index (χ3n) is 1.94. The number of benzene rings is 1. The molecule has 5 nitrogen and oxygen atoms in total. The van der Waals surface area contributed by atoms with Crippen LogP contribution in [-0.4, -0.2) is 19.9 Å². The molecule has 0 amide bonds. The number of nitrogens with one attached hydrogen (secondary N) is 2. The molecular formula is C9H13N3O2. The number of hydrogen-bond donors (Lipinski definition) is 3. The highest BCUT2D eigenvalue weighted by atomic mass is 16.6. The molecule has 1 aliphatic heterocycles. The van der Waals surface area contributed by atoms with E-state index in [0.717, 1.165) is 17.2 Å². The van der Waals surface area contributed by atoms with E-state index < -0.39 is 0 Å². The summed E-state index contributed by atoms with van der Waals surface area (Å²) in [6.07, 6.45) is 0. The zero-order valence-electron chi connectivity index (χ0n) is 7.75.